The van der Waals surface area contributed by atoms with Crippen molar-refractivity contribution in [3.8, 4) is 0 Å². The van der Waals surface area contributed by atoms with E-state index in [1.165, 1.54) is 11.8 Å². The van der Waals surface area contributed by atoms with Crippen molar-refractivity contribution in [2.24, 2.45) is 0 Å². The average molecular weight is 374 g/mol. The number of anilines is 2. The minimum atomic E-state index is -0.437. The summed E-state index contributed by atoms with van der Waals surface area (Å²) in [5.41, 5.74) is 2.31. The molecule has 134 valence electrons. The Balaban J connectivity index is 1.72. The standard InChI is InChI=1S/C22H18N2O2S/c25-20-15-24(19-14-8-7-13-18(19)23-20)22(26)21(16-9-3-1-4-10-16)27-17-11-5-2-6-12-17/h1-14,21H,15H2,(H,23,25). The molecular weight excluding hydrogens is 356 g/mol. The van der Waals surface area contributed by atoms with E-state index in [-0.39, 0.29) is 18.4 Å². The number of amides is 2. The second kappa shape index (κ2) is 7.68. The van der Waals surface area contributed by atoms with Crippen LogP contribution in [0.1, 0.15) is 10.8 Å². The van der Waals surface area contributed by atoms with Crippen LogP contribution in [-0.2, 0) is 9.59 Å². The molecule has 4 nitrogen and oxygen atoms in total. The second-order valence-corrected chi connectivity index (χ2v) is 7.39. The monoisotopic (exact) mass is 374 g/mol. The summed E-state index contributed by atoms with van der Waals surface area (Å²) < 4.78 is 0. The third-order valence-corrected chi connectivity index (χ3v) is 5.61. The maximum Gasteiger partial charge on any atom is 0.245 e. The molecule has 0 bridgehead atoms. The molecule has 3 aromatic rings. The highest BCUT2D eigenvalue weighted by atomic mass is 32.2. The van der Waals surface area contributed by atoms with Gasteiger partial charge in [-0.2, -0.15) is 0 Å². The topological polar surface area (TPSA) is 49.4 Å². The summed E-state index contributed by atoms with van der Waals surface area (Å²) in [6, 6.07) is 26.9. The Hall–Kier alpha value is -3.05. The highest BCUT2D eigenvalue weighted by Gasteiger charge is 2.32. The Bertz CT molecular complexity index is 960. The van der Waals surface area contributed by atoms with E-state index in [1.807, 2.05) is 84.9 Å². The first-order valence-electron chi connectivity index (χ1n) is 8.69. The van der Waals surface area contributed by atoms with Crippen LogP contribution in [0.3, 0.4) is 0 Å². The number of nitrogens with zero attached hydrogens (tertiary/aromatic N) is 1. The first kappa shape index (κ1) is 17.4. The van der Waals surface area contributed by atoms with Crippen LogP contribution >= 0.6 is 11.8 Å². The fourth-order valence-electron chi connectivity index (χ4n) is 3.10. The van der Waals surface area contributed by atoms with E-state index < -0.39 is 5.25 Å². The normalized spacial score (nSPS) is 14.2. The van der Waals surface area contributed by atoms with Gasteiger partial charge in [-0.1, -0.05) is 60.7 Å². The zero-order valence-corrected chi connectivity index (χ0v) is 15.4. The van der Waals surface area contributed by atoms with Gasteiger partial charge in [-0.05, 0) is 29.8 Å². The predicted octanol–water partition coefficient (Wildman–Crippen LogP) is 4.51. The van der Waals surface area contributed by atoms with Crippen LogP contribution < -0.4 is 10.2 Å². The second-order valence-electron chi connectivity index (χ2n) is 6.21. The van der Waals surface area contributed by atoms with Gasteiger partial charge in [-0.3, -0.25) is 14.5 Å². The largest absolute Gasteiger partial charge is 0.323 e. The van der Waals surface area contributed by atoms with Crippen molar-refractivity contribution in [3.63, 3.8) is 0 Å². The van der Waals surface area contributed by atoms with Gasteiger partial charge in [0.15, 0.2) is 0 Å². The molecule has 5 heteroatoms. The number of fused-ring (bicyclic) bond motifs is 1. The van der Waals surface area contributed by atoms with E-state index in [2.05, 4.69) is 5.32 Å². The van der Waals surface area contributed by atoms with E-state index in [0.29, 0.717) is 5.69 Å². The Morgan fingerprint density at radius 1 is 0.889 bits per heavy atom. The van der Waals surface area contributed by atoms with Crippen LogP contribution in [0.4, 0.5) is 11.4 Å². The smallest absolute Gasteiger partial charge is 0.245 e. The Morgan fingerprint density at radius 3 is 2.26 bits per heavy atom. The van der Waals surface area contributed by atoms with Crippen LogP contribution in [0.5, 0.6) is 0 Å². The predicted molar refractivity (Wildman–Crippen MR) is 109 cm³/mol. The van der Waals surface area contributed by atoms with Gasteiger partial charge >= 0.3 is 0 Å². The SMILES string of the molecule is O=C1CN(C(=O)C(Sc2ccccc2)c2ccccc2)c2ccccc2N1. The summed E-state index contributed by atoms with van der Waals surface area (Å²) in [4.78, 5) is 28.3. The number of hydrogen-bond acceptors (Lipinski definition) is 3. The van der Waals surface area contributed by atoms with Gasteiger partial charge in [0, 0.05) is 4.90 Å². The molecule has 0 spiro atoms. The molecule has 1 N–H and O–H groups in total. The number of hydrogen-bond donors (Lipinski definition) is 1. The molecule has 1 atom stereocenters. The third-order valence-electron chi connectivity index (χ3n) is 4.36. The molecular formula is C22H18N2O2S. The summed E-state index contributed by atoms with van der Waals surface area (Å²) in [6.45, 7) is 0.0224. The van der Waals surface area contributed by atoms with Crippen molar-refractivity contribution in [2.45, 2.75) is 10.1 Å². The first-order chi connectivity index (χ1) is 13.2. The van der Waals surface area contributed by atoms with Crippen LogP contribution in [0.2, 0.25) is 0 Å². The van der Waals surface area contributed by atoms with Crippen LogP contribution in [0, 0.1) is 0 Å². The maximum absolute atomic E-state index is 13.5. The van der Waals surface area contributed by atoms with Gasteiger partial charge in [0.2, 0.25) is 11.8 Å². The van der Waals surface area contributed by atoms with Crippen molar-refractivity contribution in [1.82, 2.24) is 0 Å². The first-order valence-corrected chi connectivity index (χ1v) is 9.57. The quantitative estimate of drug-likeness (QED) is 0.684. The highest BCUT2D eigenvalue weighted by molar-refractivity contribution is 8.00. The van der Waals surface area contributed by atoms with Crippen molar-refractivity contribution in [2.75, 3.05) is 16.8 Å². The lowest BCUT2D eigenvalue weighted by molar-refractivity contribution is -0.121. The van der Waals surface area contributed by atoms with Crippen molar-refractivity contribution < 1.29 is 9.59 Å². The molecule has 0 aliphatic carbocycles. The van der Waals surface area contributed by atoms with E-state index in [0.717, 1.165) is 16.1 Å². The third kappa shape index (κ3) is 3.73. The minimum Gasteiger partial charge on any atom is -0.323 e. The molecule has 2 amide bonds. The number of nitrogens with one attached hydrogen (secondary N) is 1. The molecule has 0 aromatic heterocycles. The molecule has 1 aliphatic rings. The molecule has 0 radical (unpaired) electrons. The molecule has 1 heterocycles. The Labute approximate surface area is 162 Å². The van der Waals surface area contributed by atoms with Gasteiger partial charge in [0.05, 0.1) is 11.4 Å². The number of thioether (sulfide) groups is 1. The molecule has 1 aliphatic heterocycles. The van der Waals surface area contributed by atoms with Gasteiger partial charge in [-0.25, -0.2) is 0 Å². The number of carbonyl (C=O) groups is 2. The summed E-state index contributed by atoms with van der Waals surface area (Å²) in [5.74, 6) is -0.282. The van der Waals surface area contributed by atoms with E-state index in [9.17, 15) is 9.59 Å². The zero-order chi connectivity index (χ0) is 18.6. The number of para-hydroxylation sites is 2. The molecule has 0 fully saturated rings. The summed E-state index contributed by atoms with van der Waals surface area (Å²) >= 11 is 1.50. The Kier molecular flexibility index (Phi) is 4.94. The van der Waals surface area contributed by atoms with Gasteiger partial charge in [0.1, 0.15) is 11.8 Å². The Morgan fingerprint density at radius 2 is 1.52 bits per heavy atom. The minimum absolute atomic E-state index is 0.0224. The zero-order valence-electron chi connectivity index (χ0n) is 14.5. The lowest BCUT2D eigenvalue weighted by atomic mass is 10.1. The van der Waals surface area contributed by atoms with Crippen LogP contribution in [0.15, 0.2) is 89.8 Å². The molecule has 27 heavy (non-hydrogen) atoms. The fraction of sp³-hybridized carbons (Fsp3) is 0.0909. The fourth-order valence-corrected chi connectivity index (χ4v) is 4.20. The van der Waals surface area contributed by atoms with Gasteiger partial charge in [-0.15, -0.1) is 11.8 Å². The van der Waals surface area contributed by atoms with E-state index in [1.54, 1.807) is 4.90 Å². The molecule has 1 unspecified atom stereocenters. The summed E-state index contributed by atoms with van der Waals surface area (Å²) in [6.07, 6.45) is 0. The van der Waals surface area contributed by atoms with Crippen LogP contribution in [-0.4, -0.2) is 18.4 Å². The lowest BCUT2D eigenvalue weighted by Gasteiger charge is -2.32. The van der Waals surface area contributed by atoms with Gasteiger partial charge < -0.3 is 5.32 Å². The van der Waals surface area contributed by atoms with Gasteiger partial charge in [0.25, 0.3) is 0 Å². The van der Waals surface area contributed by atoms with Crippen molar-refractivity contribution >= 4 is 35.0 Å². The average Bonchev–Trinajstić information content (AvgIpc) is 2.72. The highest BCUT2D eigenvalue weighted by Crippen LogP contribution is 2.39. The van der Waals surface area contributed by atoms with E-state index in [4.69, 9.17) is 0 Å². The number of benzene rings is 3. The molecule has 3 aromatic carbocycles. The van der Waals surface area contributed by atoms with Crippen molar-refractivity contribution in [1.29, 1.82) is 0 Å². The van der Waals surface area contributed by atoms with Crippen molar-refractivity contribution in [3.05, 3.63) is 90.5 Å². The summed E-state index contributed by atoms with van der Waals surface area (Å²) in [7, 11) is 0. The molecule has 4 rings (SSSR count). The van der Waals surface area contributed by atoms with Crippen LogP contribution in [0.25, 0.3) is 0 Å². The lowest BCUT2D eigenvalue weighted by Crippen LogP contribution is -2.43. The molecule has 0 saturated heterocycles. The molecule has 0 saturated carbocycles. The maximum atomic E-state index is 13.5. The summed E-state index contributed by atoms with van der Waals surface area (Å²) in [5, 5.41) is 2.40. The number of rotatable bonds is 4. The van der Waals surface area contributed by atoms with E-state index >= 15 is 0 Å². The number of carbonyl (C=O) groups excluding carboxylic acids is 2.